The lowest BCUT2D eigenvalue weighted by molar-refractivity contribution is 0.625. The van der Waals surface area contributed by atoms with Crippen LogP contribution in [0.3, 0.4) is 0 Å². The quantitative estimate of drug-likeness (QED) is 0.828. The van der Waals surface area contributed by atoms with E-state index in [-0.39, 0.29) is 5.82 Å². The minimum Gasteiger partial charge on any atom is -0.398 e. The van der Waals surface area contributed by atoms with Gasteiger partial charge in [0.15, 0.2) is 0 Å². The maximum absolute atomic E-state index is 12.9. The van der Waals surface area contributed by atoms with E-state index in [0.29, 0.717) is 18.2 Å². The van der Waals surface area contributed by atoms with Gasteiger partial charge in [0.1, 0.15) is 11.6 Å². The molecule has 2 N–H and O–H groups in total. The van der Waals surface area contributed by atoms with Gasteiger partial charge in [-0.25, -0.2) is 9.37 Å². The summed E-state index contributed by atoms with van der Waals surface area (Å²) < 4.78 is 15.0. The van der Waals surface area contributed by atoms with Crippen LogP contribution in [-0.4, -0.2) is 9.55 Å². The van der Waals surface area contributed by atoms with Crippen molar-refractivity contribution >= 4 is 5.69 Å². The Bertz CT molecular complexity index is 517. The second-order valence-electron chi connectivity index (χ2n) is 4.41. The van der Waals surface area contributed by atoms with Gasteiger partial charge in [0.05, 0.1) is 6.54 Å². The van der Waals surface area contributed by atoms with Crippen LogP contribution in [0.2, 0.25) is 0 Å². The maximum Gasteiger partial charge on any atom is 0.125 e. The summed E-state index contributed by atoms with van der Waals surface area (Å²) in [5.74, 6) is 1.06. The van der Waals surface area contributed by atoms with Crippen LogP contribution in [0, 0.1) is 5.82 Å². The van der Waals surface area contributed by atoms with Gasteiger partial charge in [0, 0.05) is 24.0 Å². The van der Waals surface area contributed by atoms with E-state index in [1.807, 2.05) is 10.8 Å². The summed E-state index contributed by atoms with van der Waals surface area (Å²) in [6.45, 7) is 4.80. The lowest BCUT2D eigenvalue weighted by Crippen LogP contribution is -2.07. The number of nitrogen functional groups attached to an aromatic ring is 1. The molecule has 0 saturated carbocycles. The molecule has 2 aromatic rings. The Morgan fingerprint density at radius 1 is 1.41 bits per heavy atom. The van der Waals surface area contributed by atoms with Crippen molar-refractivity contribution in [3.05, 3.63) is 47.8 Å². The SMILES string of the molecule is CC(C)c1nccn1Cc1ccc(F)cc1N. The molecule has 90 valence electrons. The smallest absolute Gasteiger partial charge is 0.125 e. The van der Waals surface area contributed by atoms with Crippen LogP contribution >= 0.6 is 0 Å². The van der Waals surface area contributed by atoms with E-state index in [0.717, 1.165) is 11.4 Å². The topological polar surface area (TPSA) is 43.8 Å². The molecule has 0 radical (unpaired) electrons. The predicted octanol–water partition coefficient (Wildman–Crippen LogP) is 2.78. The molecule has 0 fully saturated rings. The van der Waals surface area contributed by atoms with Crippen molar-refractivity contribution in [2.45, 2.75) is 26.3 Å². The normalized spacial score (nSPS) is 11.1. The van der Waals surface area contributed by atoms with Crippen molar-refractivity contribution < 1.29 is 4.39 Å². The van der Waals surface area contributed by atoms with Crippen LogP contribution in [0.4, 0.5) is 10.1 Å². The molecule has 0 aliphatic heterocycles. The number of nitrogens with two attached hydrogens (primary N) is 1. The maximum atomic E-state index is 12.9. The molecule has 1 aromatic heterocycles. The Morgan fingerprint density at radius 3 is 2.82 bits per heavy atom. The fourth-order valence-corrected chi connectivity index (χ4v) is 1.85. The average Bonchev–Trinajstić information content (AvgIpc) is 2.70. The summed E-state index contributed by atoms with van der Waals surface area (Å²) in [5.41, 5.74) is 7.18. The molecule has 1 aromatic carbocycles. The number of anilines is 1. The summed E-state index contributed by atoms with van der Waals surface area (Å²) >= 11 is 0. The van der Waals surface area contributed by atoms with Gasteiger partial charge in [0.25, 0.3) is 0 Å². The molecule has 0 unspecified atom stereocenters. The highest BCUT2D eigenvalue weighted by molar-refractivity contribution is 5.47. The molecule has 2 rings (SSSR count). The van der Waals surface area contributed by atoms with Gasteiger partial charge in [0.2, 0.25) is 0 Å². The third-order valence-electron chi connectivity index (χ3n) is 2.71. The van der Waals surface area contributed by atoms with E-state index in [4.69, 9.17) is 5.73 Å². The minimum absolute atomic E-state index is 0.305. The molecule has 0 spiro atoms. The first-order chi connectivity index (χ1) is 8.08. The van der Waals surface area contributed by atoms with Gasteiger partial charge >= 0.3 is 0 Å². The van der Waals surface area contributed by atoms with Crippen LogP contribution in [-0.2, 0) is 6.54 Å². The number of halogens is 1. The molecular formula is C13H16FN3. The van der Waals surface area contributed by atoms with Crippen molar-refractivity contribution in [2.24, 2.45) is 0 Å². The molecule has 0 aliphatic carbocycles. The second kappa shape index (κ2) is 4.57. The van der Waals surface area contributed by atoms with E-state index in [2.05, 4.69) is 18.8 Å². The number of aromatic nitrogens is 2. The summed E-state index contributed by atoms with van der Waals surface area (Å²) in [5, 5.41) is 0. The molecule has 0 amide bonds. The Balaban J connectivity index is 2.28. The zero-order valence-electron chi connectivity index (χ0n) is 10.0. The fraction of sp³-hybridized carbons (Fsp3) is 0.308. The minimum atomic E-state index is -0.305. The van der Waals surface area contributed by atoms with Crippen LogP contribution < -0.4 is 5.73 Å². The first kappa shape index (κ1) is 11.6. The second-order valence-corrected chi connectivity index (χ2v) is 4.41. The van der Waals surface area contributed by atoms with Gasteiger partial charge in [-0.2, -0.15) is 0 Å². The van der Waals surface area contributed by atoms with Crippen molar-refractivity contribution in [3.63, 3.8) is 0 Å². The molecule has 3 nitrogen and oxygen atoms in total. The summed E-state index contributed by atoms with van der Waals surface area (Å²) in [7, 11) is 0. The van der Waals surface area contributed by atoms with Crippen molar-refractivity contribution in [1.82, 2.24) is 9.55 Å². The molecule has 17 heavy (non-hydrogen) atoms. The molecule has 4 heteroatoms. The lowest BCUT2D eigenvalue weighted by atomic mass is 10.1. The van der Waals surface area contributed by atoms with Gasteiger partial charge in [-0.15, -0.1) is 0 Å². The fourth-order valence-electron chi connectivity index (χ4n) is 1.85. The third kappa shape index (κ3) is 2.46. The van der Waals surface area contributed by atoms with Crippen molar-refractivity contribution in [1.29, 1.82) is 0 Å². The highest BCUT2D eigenvalue weighted by atomic mass is 19.1. The Kier molecular flexibility index (Phi) is 3.13. The standard InChI is InChI=1S/C13H16FN3/c1-9(2)13-16-5-6-17(13)8-10-3-4-11(14)7-12(10)15/h3-7,9H,8,15H2,1-2H3. The highest BCUT2D eigenvalue weighted by Gasteiger charge is 2.09. The Morgan fingerprint density at radius 2 is 2.18 bits per heavy atom. The number of rotatable bonds is 3. The summed E-state index contributed by atoms with van der Waals surface area (Å²) in [6.07, 6.45) is 3.69. The summed E-state index contributed by atoms with van der Waals surface area (Å²) in [6, 6.07) is 4.49. The van der Waals surface area contributed by atoms with Gasteiger partial charge in [-0.1, -0.05) is 19.9 Å². The lowest BCUT2D eigenvalue weighted by Gasteiger charge is -2.12. The van der Waals surface area contributed by atoms with Crippen molar-refractivity contribution in [2.75, 3.05) is 5.73 Å². The van der Waals surface area contributed by atoms with E-state index < -0.39 is 0 Å². The van der Waals surface area contributed by atoms with Gasteiger partial charge in [-0.05, 0) is 17.7 Å². The van der Waals surface area contributed by atoms with Crippen LogP contribution in [0.5, 0.6) is 0 Å². The van der Waals surface area contributed by atoms with Crippen molar-refractivity contribution in [3.8, 4) is 0 Å². The number of imidazole rings is 1. The number of nitrogens with zero attached hydrogens (tertiary/aromatic N) is 2. The van der Waals surface area contributed by atoms with Gasteiger partial charge < -0.3 is 10.3 Å². The van der Waals surface area contributed by atoms with E-state index in [1.165, 1.54) is 12.1 Å². The molecule has 0 saturated heterocycles. The predicted molar refractivity (Wildman–Crippen MR) is 66.2 cm³/mol. The van der Waals surface area contributed by atoms with Crippen LogP contribution in [0.15, 0.2) is 30.6 Å². The third-order valence-corrected chi connectivity index (χ3v) is 2.71. The zero-order chi connectivity index (χ0) is 12.4. The molecular weight excluding hydrogens is 217 g/mol. The van der Waals surface area contributed by atoms with Crippen LogP contribution in [0.25, 0.3) is 0 Å². The van der Waals surface area contributed by atoms with Gasteiger partial charge in [-0.3, -0.25) is 0 Å². The summed E-state index contributed by atoms with van der Waals surface area (Å²) in [4.78, 5) is 4.31. The van der Waals surface area contributed by atoms with Crippen LogP contribution in [0.1, 0.15) is 31.2 Å². The molecule has 0 bridgehead atoms. The monoisotopic (exact) mass is 233 g/mol. The molecule has 0 atom stereocenters. The highest BCUT2D eigenvalue weighted by Crippen LogP contribution is 2.18. The average molecular weight is 233 g/mol. The van der Waals surface area contributed by atoms with E-state index in [1.54, 1.807) is 12.3 Å². The van der Waals surface area contributed by atoms with E-state index >= 15 is 0 Å². The Hall–Kier alpha value is -1.84. The Labute approximate surface area is 100 Å². The largest absolute Gasteiger partial charge is 0.398 e. The number of benzene rings is 1. The number of hydrogen-bond donors (Lipinski definition) is 1. The first-order valence-corrected chi connectivity index (χ1v) is 5.63. The number of hydrogen-bond acceptors (Lipinski definition) is 2. The first-order valence-electron chi connectivity index (χ1n) is 5.63. The zero-order valence-corrected chi connectivity index (χ0v) is 10.0. The molecule has 0 aliphatic rings. The van der Waals surface area contributed by atoms with E-state index in [9.17, 15) is 4.39 Å². The molecule has 1 heterocycles.